The molecule has 1 aromatic rings. The van der Waals surface area contributed by atoms with E-state index in [4.69, 9.17) is 0 Å². The van der Waals surface area contributed by atoms with Gasteiger partial charge in [-0.1, -0.05) is 13.8 Å². The number of nitrogens with zero attached hydrogens (tertiary/aromatic N) is 2. The second-order valence-corrected chi connectivity index (χ2v) is 4.46. The first kappa shape index (κ1) is 12.7. The molecule has 4 nitrogen and oxygen atoms in total. The lowest BCUT2D eigenvalue weighted by molar-refractivity contribution is -0.121. The molecule has 0 aliphatic carbocycles. The molecule has 1 amide bonds. The van der Waals surface area contributed by atoms with E-state index in [-0.39, 0.29) is 5.91 Å². The highest BCUT2D eigenvalue weighted by Crippen LogP contribution is 1.99. The Bertz CT molecular complexity index is 293. The minimum absolute atomic E-state index is 0.164. The Hall–Kier alpha value is -1.32. The van der Waals surface area contributed by atoms with Crippen LogP contribution in [0.3, 0.4) is 0 Å². The van der Waals surface area contributed by atoms with E-state index >= 15 is 0 Å². The van der Waals surface area contributed by atoms with E-state index in [1.165, 1.54) is 0 Å². The Balaban J connectivity index is 1.98. The number of unbranched alkanes of at least 4 members (excludes halogenated alkanes) is 1. The number of hydrogen-bond acceptors (Lipinski definition) is 2. The number of hydrogen-bond donors (Lipinski definition) is 1. The molecule has 0 saturated heterocycles. The van der Waals surface area contributed by atoms with Crippen LogP contribution in [0.4, 0.5) is 0 Å². The van der Waals surface area contributed by atoms with Crippen LogP contribution in [-0.4, -0.2) is 22.0 Å². The summed E-state index contributed by atoms with van der Waals surface area (Å²) in [6, 6.07) is 0. The summed E-state index contributed by atoms with van der Waals surface area (Å²) in [7, 11) is 0. The van der Waals surface area contributed by atoms with Crippen molar-refractivity contribution in [3.05, 3.63) is 18.7 Å². The molecule has 1 heterocycles. The SMILES string of the molecule is CC(C)CC(=O)NCCCCn1ccnc1. The van der Waals surface area contributed by atoms with Crippen LogP contribution in [0, 0.1) is 5.92 Å². The van der Waals surface area contributed by atoms with Crippen LogP contribution < -0.4 is 5.32 Å². The molecule has 0 unspecified atom stereocenters. The summed E-state index contributed by atoms with van der Waals surface area (Å²) in [5.74, 6) is 0.601. The lowest BCUT2D eigenvalue weighted by Gasteiger charge is -2.07. The lowest BCUT2D eigenvalue weighted by Crippen LogP contribution is -2.25. The number of rotatable bonds is 7. The zero-order valence-electron chi connectivity index (χ0n) is 10.1. The van der Waals surface area contributed by atoms with Gasteiger partial charge in [0.2, 0.25) is 5.91 Å². The van der Waals surface area contributed by atoms with Crippen LogP contribution >= 0.6 is 0 Å². The fourth-order valence-corrected chi connectivity index (χ4v) is 1.51. The van der Waals surface area contributed by atoms with Gasteiger partial charge in [-0.25, -0.2) is 4.98 Å². The Morgan fingerprint density at radius 2 is 2.25 bits per heavy atom. The average molecular weight is 223 g/mol. The summed E-state index contributed by atoms with van der Waals surface area (Å²) in [6.45, 7) is 5.86. The number of carbonyl (C=O) groups excluding carboxylic acids is 1. The van der Waals surface area contributed by atoms with Gasteiger partial charge in [0, 0.05) is 31.9 Å². The molecule has 0 bridgehead atoms. The fourth-order valence-electron chi connectivity index (χ4n) is 1.51. The highest BCUT2D eigenvalue weighted by atomic mass is 16.1. The minimum atomic E-state index is 0.164. The monoisotopic (exact) mass is 223 g/mol. The maximum absolute atomic E-state index is 11.3. The van der Waals surface area contributed by atoms with Gasteiger partial charge in [0.25, 0.3) is 0 Å². The summed E-state index contributed by atoms with van der Waals surface area (Å²) >= 11 is 0. The number of aromatic nitrogens is 2. The van der Waals surface area contributed by atoms with Gasteiger partial charge in [0.05, 0.1) is 6.33 Å². The summed E-state index contributed by atoms with van der Waals surface area (Å²) < 4.78 is 2.05. The summed E-state index contributed by atoms with van der Waals surface area (Å²) in [5, 5.41) is 2.93. The van der Waals surface area contributed by atoms with E-state index in [1.807, 2.05) is 12.5 Å². The zero-order chi connectivity index (χ0) is 11.8. The highest BCUT2D eigenvalue weighted by Gasteiger charge is 2.02. The summed E-state index contributed by atoms with van der Waals surface area (Å²) in [5.41, 5.74) is 0. The molecule has 16 heavy (non-hydrogen) atoms. The zero-order valence-corrected chi connectivity index (χ0v) is 10.1. The van der Waals surface area contributed by atoms with E-state index in [2.05, 4.69) is 28.7 Å². The molecular formula is C12H21N3O. The predicted molar refractivity (Wildman–Crippen MR) is 63.9 cm³/mol. The van der Waals surface area contributed by atoms with E-state index < -0.39 is 0 Å². The van der Waals surface area contributed by atoms with Crippen molar-refractivity contribution in [3.8, 4) is 0 Å². The maximum Gasteiger partial charge on any atom is 0.220 e. The standard InChI is InChI=1S/C12H21N3O/c1-11(2)9-12(16)14-5-3-4-7-15-8-6-13-10-15/h6,8,10-11H,3-5,7,9H2,1-2H3,(H,14,16). The maximum atomic E-state index is 11.3. The van der Waals surface area contributed by atoms with Crippen molar-refractivity contribution in [2.45, 2.75) is 39.7 Å². The smallest absolute Gasteiger partial charge is 0.220 e. The predicted octanol–water partition coefficient (Wildman–Crippen LogP) is 1.83. The van der Waals surface area contributed by atoms with Crippen molar-refractivity contribution >= 4 is 5.91 Å². The van der Waals surface area contributed by atoms with E-state index in [9.17, 15) is 4.79 Å². The number of aryl methyl sites for hydroxylation is 1. The van der Waals surface area contributed by atoms with Crippen molar-refractivity contribution < 1.29 is 4.79 Å². The van der Waals surface area contributed by atoms with Crippen molar-refractivity contribution in [3.63, 3.8) is 0 Å². The average Bonchev–Trinajstić information content (AvgIpc) is 2.68. The topological polar surface area (TPSA) is 46.9 Å². The third-order valence-electron chi connectivity index (χ3n) is 2.32. The van der Waals surface area contributed by atoms with Gasteiger partial charge < -0.3 is 9.88 Å². The van der Waals surface area contributed by atoms with Crippen LogP contribution in [0.25, 0.3) is 0 Å². The van der Waals surface area contributed by atoms with Gasteiger partial charge >= 0.3 is 0 Å². The van der Waals surface area contributed by atoms with Gasteiger partial charge in [-0.15, -0.1) is 0 Å². The second kappa shape index (κ2) is 7.04. The van der Waals surface area contributed by atoms with Crippen LogP contribution in [-0.2, 0) is 11.3 Å². The van der Waals surface area contributed by atoms with Crippen molar-refractivity contribution in [2.75, 3.05) is 6.54 Å². The molecule has 0 aliphatic rings. The fraction of sp³-hybridized carbons (Fsp3) is 0.667. The normalized spacial score (nSPS) is 10.7. The van der Waals surface area contributed by atoms with Crippen LogP contribution in [0.5, 0.6) is 0 Å². The first-order valence-corrected chi connectivity index (χ1v) is 5.91. The van der Waals surface area contributed by atoms with Gasteiger partial charge in [-0.2, -0.15) is 0 Å². The quantitative estimate of drug-likeness (QED) is 0.717. The van der Waals surface area contributed by atoms with Crippen LogP contribution in [0.1, 0.15) is 33.1 Å². The largest absolute Gasteiger partial charge is 0.356 e. The molecule has 4 heteroatoms. The lowest BCUT2D eigenvalue weighted by atomic mass is 10.1. The summed E-state index contributed by atoms with van der Waals surface area (Å²) in [6.07, 6.45) is 8.26. The first-order chi connectivity index (χ1) is 7.68. The highest BCUT2D eigenvalue weighted by molar-refractivity contribution is 5.75. The molecule has 1 rings (SSSR count). The van der Waals surface area contributed by atoms with Crippen molar-refractivity contribution in [2.24, 2.45) is 5.92 Å². The van der Waals surface area contributed by atoms with E-state index in [0.717, 1.165) is 25.9 Å². The number of amides is 1. The minimum Gasteiger partial charge on any atom is -0.356 e. The number of imidazole rings is 1. The third-order valence-corrected chi connectivity index (χ3v) is 2.32. The molecule has 0 fully saturated rings. The molecule has 1 aromatic heterocycles. The van der Waals surface area contributed by atoms with E-state index in [1.54, 1.807) is 6.20 Å². The molecule has 0 aliphatic heterocycles. The Morgan fingerprint density at radius 1 is 1.44 bits per heavy atom. The number of nitrogens with one attached hydrogen (secondary N) is 1. The first-order valence-electron chi connectivity index (χ1n) is 5.91. The molecule has 90 valence electrons. The molecule has 1 N–H and O–H groups in total. The molecule has 0 radical (unpaired) electrons. The van der Waals surface area contributed by atoms with Gasteiger partial charge in [0.15, 0.2) is 0 Å². The number of carbonyl (C=O) groups is 1. The van der Waals surface area contributed by atoms with E-state index in [0.29, 0.717) is 12.3 Å². The summed E-state index contributed by atoms with van der Waals surface area (Å²) in [4.78, 5) is 15.3. The van der Waals surface area contributed by atoms with Crippen molar-refractivity contribution in [1.29, 1.82) is 0 Å². The third kappa shape index (κ3) is 5.53. The molecule has 0 atom stereocenters. The Labute approximate surface area is 97.1 Å². The molecule has 0 spiro atoms. The van der Waals surface area contributed by atoms with Gasteiger partial charge in [-0.3, -0.25) is 4.79 Å². The second-order valence-electron chi connectivity index (χ2n) is 4.46. The van der Waals surface area contributed by atoms with Gasteiger partial charge in [0.1, 0.15) is 0 Å². The van der Waals surface area contributed by atoms with Crippen LogP contribution in [0.15, 0.2) is 18.7 Å². The molecular weight excluding hydrogens is 202 g/mol. The Kier molecular flexibility index (Phi) is 5.61. The van der Waals surface area contributed by atoms with Crippen molar-refractivity contribution in [1.82, 2.24) is 14.9 Å². The van der Waals surface area contributed by atoms with Gasteiger partial charge in [-0.05, 0) is 18.8 Å². The molecule has 0 saturated carbocycles. The van der Waals surface area contributed by atoms with Crippen LogP contribution in [0.2, 0.25) is 0 Å². The Morgan fingerprint density at radius 3 is 2.88 bits per heavy atom. The molecule has 0 aromatic carbocycles.